The fourth-order valence-electron chi connectivity index (χ4n) is 3.89. The van der Waals surface area contributed by atoms with Gasteiger partial charge in [0.2, 0.25) is 5.88 Å². The molecule has 1 aromatic heterocycles. The number of ketones is 1. The molecule has 4 heteroatoms. The van der Waals surface area contributed by atoms with Crippen molar-refractivity contribution in [3.63, 3.8) is 0 Å². The minimum Gasteiger partial charge on any atom is -0.493 e. The van der Waals surface area contributed by atoms with E-state index in [2.05, 4.69) is 4.98 Å². The van der Waals surface area contributed by atoms with Crippen molar-refractivity contribution in [1.29, 1.82) is 0 Å². The van der Waals surface area contributed by atoms with Gasteiger partial charge in [-0.25, -0.2) is 4.98 Å². The van der Waals surface area contributed by atoms with Gasteiger partial charge in [0.1, 0.15) is 11.5 Å². The normalized spacial score (nSPS) is 14.7. The fourth-order valence-corrected chi connectivity index (χ4v) is 3.89. The molecule has 4 rings (SSSR count). The molecule has 0 bridgehead atoms. The van der Waals surface area contributed by atoms with Gasteiger partial charge in [-0.3, -0.25) is 4.79 Å². The summed E-state index contributed by atoms with van der Waals surface area (Å²) in [6, 6.07) is 15.2. The molecule has 0 radical (unpaired) electrons. The Hall–Kier alpha value is -2.88. The van der Waals surface area contributed by atoms with Crippen molar-refractivity contribution in [3.8, 4) is 17.4 Å². The van der Waals surface area contributed by atoms with Crippen molar-refractivity contribution in [3.05, 3.63) is 59.7 Å². The number of pyridine rings is 1. The molecule has 1 aliphatic carbocycles. The Labute approximate surface area is 171 Å². The highest BCUT2D eigenvalue weighted by atomic mass is 16.5. The number of carbonyl (C=O) groups is 1. The van der Waals surface area contributed by atoms with Gasteiger partial charge < -0.3 is 9.47 Å². The van der Waals surface area contributed by atoms with Crippen molar-refractivity contribution in [2.45, 2.75) is 46.0 Å². The molecular formula is C25H27NO3. The van der Waals surface area contributed by atoms with Gasteiger partial charge in [0.05, 0.1) is 12.1 Å². The van der Waals surface area contributed by atoms with E-state index in [4.69, 9.17) is 9.47 Å². The molecule has 0 atom stereocenters. The molecule has 29 heavy (non-hydrogen) atoms. The number of nitrogens with zero attached hydrogens (tertiary/aromatic N) is 1. The quantitative estimate of drug-likeness (QED) is 0.452. The molecule has 0 amide bonds. The first-order chi connectivity index (χ1) is 14.1. The number of aryl methyl sites for hydroxylation is 1. The topological polar surface area (TPSA) is 48.4 Å². The zero-order valence-electron chi connectivity index (χ0n) is 17.1. The van der Waals surface area contributed by atoms with Crippen LogP contribution in [0.4, 0.5) is 0 Å². The van der Waals surface area contributed by atoms with Crippen LogP contribution in [0.25, 0.3) is 10.9 Å². The van der Waals surface area contributed by atoms with E-state index in [0.717, 1.165) is 34.6 Å². The summed E-state index contributed by atoms with van der Waals surface area (Å²) < 4.78 is 12.0. The molecule has 0 N–H and O–H groups in total. The molecule has 0 saturated heterocycles. The minimum atomic E-state index is 0.0497. The molecule has 0 spiro atoms. The molecule has 1 fully saturated rings. The maximum Gasteiger partial charge on any atom is 0.219 e. The summed E-state index contributed by atoms with van der Waals surface area (Å²) in [7, 11) is 0. The monoisotopic (exact) mass is 389 g/mol. The van der Waals surface area contributed by atoms with Gasteiger partial charge in [0.15, 0.2) is 5.78 Å². The summed E-state index contributed by atoms with van der Waals surface area (Å²) in [6.45, 7) is 4.38. The smallest absolute Gasteiger partial charge is 0.219 e. The van der Waals surface area contributed by atoms with Crippen LogP contribution in [0.3, 0.4) is 0 Å². The van der Waals surface area contributed by atoms with Gasteiger partial charge in [0.25, 0.3) is 0 Å². The zero-order chi connectivity index (χ0) is 20.2. The van der Waals surface area contributed by atoms with Crippen molar-refractivity contribution in [2.24, 2.45) is 5.92 Å². The summed E-state index contributed by atoms with van der Waals surface area (Å²) in [5, 5.41) is 0.924. The molecule has 0 aliphatic heterocycles. The van der Waals surface area contributed by atoms with Crippen LogP contribution in [0.1, 0.15) is 54.9 Å². The van der Waals surface area contributed by atoms with Crippen LogP contribution in [0.15, 0.2) is 48.5 Å². The Bertz CT molecular complexity index is 1020. The van der Waals surface area contributed by atoms with Crippen molar-refractivity contribution >= 4 is 16.7 Å². The number of hydrogen-bond acceptors (Lipinski definition) is 4. The zero-order valence-corrected chi connectivity index (χ0v) is 17.1. The summed E-state index contributed by atoms with van der Waals surface area (Å²) in [5.74, 6) is 2.93. The SMILES string of the molecule is CC(=O)c1ccc2nc(Oc3ccc(OCC4CCCCC4)cc3C)ccc2c1. The van der Waals surface area contributed by atoms with Gasteiger partial charge in [-0.05, 0) is 80.6 Å². The van der Waals surface area contributed by atoms with Crippen LogP contribution >= 0.6 is 0 Å². The van der Waals surface area contributed by atoms with E-state index in [0.29, 0.717) is 17.4 Å². The molecular weight excluding hydrogens is 362 g/mol. The highest BCUT2D eigenvalue weighted by Crippen LogP contribution is 2.30. The Morgan fingerprint density at radius 3 is 2.62 bits per heavy atom. The van der Waals surface area contributed by atoms with Crippen LogP contribution in [-0.4, -0.2) is 17.4 Å². The molecule has 1 aliphatic rings. The van der Waals surface area contributed by atoms with Crippen molar-refractivity contribution < 1.29 is 14.3 Å². The van der Waals surface area contributed by atoms with E-state index < -0.39 is 0 Å². The van der Waals surface area contributed by atoms with E-state index in [1.807, 2.05) is 49.4 Å². The van der Waals surface area contributed by atoms with Crippen LogP contribution in [0, 0.1) is 12.8 Å². The molecule has 150 valence electrons. The number of rotatable bonds is 6. The highest BCUT2D eigenvalue weighted by molar-refractivity contribution is 5.97. The van der Waals surface area contributed by atoms with Crippen LogP contribution < -0.4 is 9.47 Å². The second-order valence-electron chi connectivity index (χ2n) is 7.96. The predicted octanol–water partition coefficient (Wildman–Crippen LogP) is 6.50. The number of hydrogen-bond donors (Lipinski definition) is 0. The summed E-state index contributed by atoms with van der Waals surface area (Å²) in [5.41, 5.74) is 2.50. The molecule has 0 unspecified atom stereocenters. The number of aromatic nitrogens is 1. The predicted molar refractivity (Wildman–Crippen MR) is 115 cm³/mol. The lowest BCUT2D eigenvalue weighted by atomic mass is 9.90. The second kappa shape index (κ2) is 8.64. The maximum absolute atomic E-state index is 11.5. The number of ether oxygens (including phenoxy) is 2. The highest BCUT2D eigenvalue weighted by Gasteiger charge is 2.14. The first-order valence-electron chi connectivity index (χ1n) is 10.4. The molecule has 2 aromatic carbocycles. The Morgan fingerprint density at radius 1 is 1.03 bits per heavy atom. The Balaban J connectivity index is 1.44. The second-order valence-corrected chi connectivity index (χ2v) is 7.96. The van der Waals surface area contributed by atoms with Gasteiger partial charge in [-0.15, -0.1) is 0 Å². The minimum absolute atomic E-state index is 0.0497. The third-order valence-electron chi connectivity index (χ3n) is 5.64. The molecule has 4 nitrogen and oxygen atoms in total. The number of carbonyl (C=O) groups excluding carboxylic acids is 1. The summed E-state index contributed by atoms with van der Waals surface area (Å²) in [6.07, 6.45) is 6.58. The van der Waals surface area contributed by atoms with E-state index in [1.54, 1.807) is 13.0 Å². The molecule has 1 heterocycles. The van der Waals surface area contributed by atoms with Crippen LogP contribution in [-0.2, 0) is 0 Å². The van der Waals surface area contributed by atoms with E-state index in [-0.39, 0.29) is 5.78 Å². The lowest BCUT2D eigenvalue weighted by molar-refractivity contribution is 0.101. The first kappa shape index (κ1) is 19.4. The number of Topliss-reactive ketones (excluding diaryl/α,β-unsaturated/α-hetero) is 1. The van der Waals surface area contributed by atoms with Gasteiger partial charge in [-0.2, -0.15) is 0 Å². The number of benzene rings is 2. The third kappa shape index (κ3) is 4.76. The maximum atomic E-state index is 11.5. The Morgan fingerprint density at radius 2 is 1.86 bits per heavy atom. The lowest BCUT2D eigenvalue weighted by Gasteiger charge is -2.21. The van der Waals surface area contributed by atoms with E-state index in [1.165, 1.54) is 32.1 Å². The average Bonchev–Trinajstić information content (AvgIpc) is 2.74. The summed E-state index contributed by atoms with van der Waals surface area (Å²) >= 11 is 0. The van der Waals surface area contributed by atoms with Crippen molar-refractivity contribution in [1.82, 2.24) is 4.98 Å². The number of fused-ring (bicyclic) bond motifs is 1. The summed E-state index contributed by atoms with van der Waals surface area (Å²) in [4.78, 5) is 16.1. The van der Waals surface area contributed by atoms with Gasteiger partial charge >= 0.3 is 0 Å². The van der Waals surface area contributed by atoms with Gasteiger partial charge in [-0.1, -0.05) is 19.3 Å². The fraction of sp³-hybridized carbons (Fsp3) is 0.360. The van der Waals surface area contributed by atoms with Crippen LogP contribution in [0.2, 0.25) is 0 Å². The third-order valence-corrected chi connectivity index (χ3v) is 5.64. The lowest BCUT2D eigenvalue weighted by Crippen LogP contribution is -2.15. The van der Waals surface area contributed by atoms with Gasteiger partial charge in [0, 0.05) is 17.0 Å². The standard InChI is InChI=1S/C25H27NO3/c1-17-14-22(28-16-19-6-4-3-5-7-19)10-12-24(17)29-25-13-9-21-15-20(18(2)27)8-11-23(21)26-25/h8-15,19H,3-7,16H2,1-2H3. The molecule has 3 aromatic rings. The Kier molecular flexibility index (Phi) is 5.79. The van der Waals surface area contributed by atoms with Crippen LogP contribution in [0.5, 0.6) is 17.4 Å². The van der Waals surface area contributed by atoms with Crippen molar-refractivity contribution in [2.75, 3.05) is 6.61 Å². The van der Waals surface area contributed by atoms with E-state index in [9.17, 15) is 4.79 Å². The largest absolute Gasteiger partial charge is 0.493 e. The molecule has 1 saturated carbocycles. The average molecular weight is 389 g/mol. The van der Waals surface area contributed by atoms with E-state index >= 15 is 0 Å². The first-order valence-corrected chi connectivity index (χ1v) is 10.4.